The SMILES string of the molecule is Fc1ccc(CN2CC[C@H]3[C@@H](COCCN3c3ccc(F)cc3)C2)cc1. The van der Waals surface area contributed by atoms with E-state index in [0.29, 0.717) is 18.6 Å². The van der Waals surface area contributed by atoms with Crippen LogP contribution in [0.3, 0.4) is 0 Å². The van der Waals surface area contributed by atoms with Gasteiger partial charge in [-0.1, -0.05) is 12.1 Å². The monoisotopic (exact) mass is 358 g/mol. The van der Waals surface area contributed by atoms with E-state index >= 15 is 0 Å². The molecule has 0 unspecified atom stereocenters. The second-order valence-electron chi connectivity index (χ2n) is 7.22. The summed E-state index contributed by atoms with van der Waals surface area (Å²) in [6, 6.07) is 13.9. The van der Waals surface area contributed by atoms with Crippen LogP contribution in [-0.4, -0.2) is 43.8 Å². The molecule has 138 valence electrons. The van der Waals surface area contributed by atoms with Gasteiger partial charge in [-0.2, -0.15) is 0 Å². The molecule has 0 bridgehead atoms. The van der Waals surface area contributed by atoms with Crippen molar-refractivity contribution in [2.75, 3.05) is 37.7 Å². The molecular formula is C21H24F2N2O. The maximum atomic E-state index is 13.3. The molecule has 3 nitrogen and oxygen atoms in total. The number of nitrogens with zero attached hydrogens (tertiary/aromatic N) is 2. The van der Waals surface area contributed by atoms with E-state index in [1.54, 1.807) is 0 Å². The lowest BCUT2D eigenvalue weighted by Gasteiger charge is -2.43. The van der Waals surface area contributed by atoms with Gasteiger partial charge in [-0.15, -0.1) is 0 Å². The summed E-state index contributed by atoms with van der Waals surface area (Å²) in [4.78, 5) is 4.80. The highest BCUT2D eigenvalue weighted by Gasteiger charge is 2.35. The summed E-state index contributed by atoms with van der Waals surface area (Å²) < 4.78 is 32.2. The predicted molar refractivity (Wildman–Crippen MR) is 98.1 cm³/mol. The van der Waals surface area contributed by atoms with E-state index < -0.39 is 0 Å². The first kappa shape index (κ1) is 17.4. The van der Waals surface area contributed by atoms with E-state index in [4.69, 9.17) is 4.74 Å². The third kappa shape index (κ3) is 3.89. The Bertz CT molecular complexity index is 720. The Kier molecular flexibility index (Phi) is 5.18. The van der Waals surface area contributed by atoms with Crippen molar-refractivity contribution in [2.24, 2.45) is 5.92 Å². The molecule has 2 saturated heterocycles. The van der Waals surface area contributed by atoms with Crippen LogP contribution in [0.2, 0.25) is 0 Å². The highest BCUT2D eigenvalue weighted by molar-refractivity contribution is 5.48. The fourth-order valence-corrected chi connectivity index (χ4v) is 4.18. The number of piperidine rings is 1. The van der Waals surface area contributed by atoms with Gasteiger partial charge < -0.3 is 9.64 Å². The maximum Gasteiger partial charge on any atom is 0.123 e. The van der Waals surface area contributed by atoms with Crippen molar-refractivity contribution in [1.82, 2.24) is 4.90 Å². The lowest BCUT2D eigenvalue weighted by Crippen LogP contribution is -2.51. The molecule has 0 N–H and O–H groups in total. The minimum Gasteiger partial charge on any atom is -0.379 e. The summed E-state index contributed by atoms with van der Waals surface area (Å²) >= 11 is 0. The number of fused-ring (bicyclic) bond motifs is 1. The number of benzene rings is 2. The largest absolute Gasteiger partial charge is 0.379 e. The van der Waals surface area contributed by atoms with E-state index in [0.717, 1.165) is 50.5 Å². The number of likely N-dealkylation sites (tertiary alicyclic amines) is 1. The van der Waals surface area contributed by atoms with Gasteiger partial charge in [0.15, 0.2) is 0 Å². The molecule has 2 aliphatic heterocycles. The summed E-state index contributed by atoms with van der Waals surface area (Å²) in [5.41, 5.74) is 2.20. The van der Waals surface area contributed by atoms with Gasteiger partial charge in [-0.05, 0) is 48.4 Å². The molecule has 0 aliphatic carbocycles. The van der Waals surface area contributed by atoms with Crippen LogP contribution < -0.4 is 4.90 Å². The first-order valence-electron chi connectivity index (χ1n) is 9.26. The molecule has 26 heavy (non-hydrogen) atoms. The maximum absolute atomic E-state index is 13.3. The van der Waals surface area contributed by atoms with Crippen molar-refractivity contribution >= 4 is 5.69 Å². The number of rotatable bonds is 3. The Morgan fingerprint density at radius 3 is 2.35 bits per heavy atom. The van der Waals surface area contributed by atoms with Crippen molar-refractivity contribution in [1.29, 1.82) is 0 Å². The molecule has 2 fully saturated rings. The van der Waals surface area contributed by atoms with E-state index in [9.17, 15) is 8.78 Å². The molecule has 2 heterocycles. The van der Waals surface area contributed by atoms with Crippen LogP contribution in [0, 0.1) is 17.6 Å². The quantitative estimate of drug-likeness (QED) is 0.832. The van der Waals surface area contributed by atoms with Crippen molar-refractivity contribution in [3.63, 3.8) is 0 Å². The van der Waals surface area contributed by atoms with Gasteiger partial charge in [0, 0.05) is 43.8 Å². The minimum atomic E-state index is -0.203. The molecule has 2 aliphatic rings. The zero-order valence-corrected chi connectivity index (χ0v) is 14.8. The number of halogens is 2. The van der Waals surface area contributed by atoms with Crippen LogP contribution in [0.5, 0.6) is 0 Å². The molecule has 4 rings (SSSR count). The lowest BCUT2D eigenvalue weighted by atomic mass is 9.90. The second kappa shape index (κ2) is 7.72. The van der Waals surface area contributed by atoms with Gasteiger partial charge in [-0.25, -0.2) is 8.78 Å². The molecule has 2 atom stereocenters. The summed E-state index contributed by atoms with van der Waals surface area (Å²) in [5, 5.41) is 0. The number of hydrogen-bond acceptors (Lipinski definition) is 3. The van der Waals surface area contributed by atoms with Crippen LogP contribution >= 0.6 is 0 Å². The zero-order valence-electron chi connectivity index (χ0n) is 14.8. The summed E-state index contributed by atoms with van der Waals surface area (Å²) in [7, 11) is 0. The van der Waals surface area contributed by atoms with Crippen LogP contribution in [0.15, 0.2) is 48.5 Å². The van der Waals surface area contributed by atoms with Gasteiger partial charge in [0.05, 0.1) is 13.2 Å². The van der Waals surface area contributed by atoms with Crippen LogP contribution in [0.4, 0.5) is 14.5 Å². The van der Waals surface area contributed by atoms with Crippen molar-refractivity contribution in [3.05, 3.63) is 65.7 Å². The second-order valence-corrected chi connectivity index (χ2v) is 7.22. The highest BCUT2D eigenvalue weighted by atomic mass is 19.1. The topological polar surface area (TPSA) is 15.7 Å². The van der Waals surface area contributed by atoms with Crippen molar-refractivity contribution < 1.29 is 13.5 Å². The van der Waals surface area contributed by atoms with Crippen LogP contribution in [-0.2, 0) is 11.3 Å². The zero-order chi connectivity index (χ0) is 17.9. The normalized spacial score (nSPS) is 24.2. The molecule has 0 amide bonds. The Balaban J connectivity index is 1.46. The lowest BCUT2D eigenvalue weighted by molar-refractivity contribution is 0.0709. The van der Waals surface area contributed by atoms with E-state index in [-0.39, 0.29) is 11.6 Å². The predicted octanol–water partition coefficient (Wildman–Crippen LogP) is 3.69. The molecule has 2 aromatic rings. The Morgan fingerprint density at radius 2 is 1.62 bits per heavy atom. The smallest absolute Gasteiger partial charge is 0.123 e. The average molecular weight is 358 g/mol. The standard InChI is InChI=1S/C21H24F2N2O/c22-18-3-1-16(2-4-18)13-24-10-9-21-17(14-24)15-26-12-11-25(21)20-7-5-19(23)6-8-20/h1-8,17,21H,9-15H2/t17-,21+/m1/s1. The van der Waals surface area contributed by atoms with Gasteiger partial charge in [0.25, 0.3) is 0 Å². The Labute approximate surface area is 153 Å². The van der Waals surface area contributed by atoms with Gasteiger partial charge in [0.1, 0.15) is 11.6 Å². The molecule has 5 heteroatoms. The molecule has 0 saturated carbocycles. The van der Waals surface area contributed by atoms with E-state index in [1.165, 1.54) is 24.3 Å². The average Bonchev–Trinajstić information content (AvgIpc) is 2.86. The van der Waals surface area contributed by atoms with Crippen LogP contribution in [0.25, 0.3) is 0 Å². The fourth-order valence-electron chi connectivity index (χ4n) is 4.18. The molecule has 0 radical (unpaired) electrons. The van der Waals surface area contributed by atoms with Gasteiger partial charge in [0.2, 0.25) is 0 Å². The first-order chi connectivity index (χ1) is 12.7. The Hall–Kier alpha value is -1.98. The summed E-state index contributed by atoms with van der Waals surface area (Å²) in [5.74, 6) is 0.0156. The van der Waals surface area contributed by atoms with Crippen LogP contribution in [0.1, 0.15) is 12.0 Å². The van der Waals surface area contributed by atoms with Gasteiger partial charge in [-0.3, -0.25) is 4.90 Å². The van der Waals surface area contributed by atoms with Crippen molar-refractivity contribution in [3.8, 4) is 0 Å². The summed E-state index contributed by atoms with van der Waals surface area (Å²) in [6.45, 7) is 5.07. The molecule has 2 aromatic carbocycles. The first-order valence-corrected chi connectivity index (χ1v) is 9.26. The third-order valence-electron chi connectivity index (χ3n) is 5.46. The fraction of sp³-hybridized carbons (Fsp3) is 0.429. The number of anilines is 1. The van der Waals surface area contributed by atoms with E-state index in [2.05, 4.69) is 9.80 Å². The summed E-state index contributed by atoms with van der Waals surface area (Å²) in [6.07, 6.45) is 1.05. The molecular weight excluding hydrogens is 334 g/mol. The van der Waals surface area contributed by atoms with Crippen molar-refractivity contribution in [2.45, 2.75) is 19.0 Å². The van der Waals surface area contributed by atoms with E-state index in [1.807, 2.05) is 24.3 Å². The molecule has 0 spiro atoms. The minimum absolute atomic E-state index is 0.195. The molecule has 0 aromatic heterocycles. The number of hydrogen-bond donors (Lipinski definition) is 0. The third-order valence-corrected chi connectivity index (χ3v) is 5.46. The van der Waals surface area contributed by atoms with Gasteiger partial charge >= 0.3 is 0 Å². The highest BCUT2D eigenvalue weighted by Crippen LogP contribution is 2.30. The Morgan fingerprint density at radius 1 is 0.923 bits per heavy atom. The number of ether oxygens (including phenoxy) is 1.